The molecule has 158 valence electrons. The summed E-state index contributed by atoms with van der Waals surface area (Å²) in [5.41, 5.74) is 3.55. The van der Waals surface area contributed by atoms with E-state index in [0.29, 0.717) is 12.2 Å². The molecule has 4 rings (SSSR count). The Morgan fingerprint density at radius 3 is 2.40 bits per heavy atom. The maximum Gasteiger partial charge on any atom is 0.414 e. The van der Waals surface area contributed by atoms with Gasteiger partial charge >= 0.3 is 11.9 Å². The number of carboxylic acid groups (broad SMARTS) is 2. The smallest absolute Gasteiger partial charge is 0.414 e. The number of nitrogens with zero attached hydrogens (tertiary/aromatic N) is 1. The van der Waals surface area contributed by atoms with E-state index in [1.807, 2.05) is 12.1 Å². The Hall–Kier alpha value is -3.59. The van der Waals surface area contributed by atoms with E-state index in [9.17, 15) is 4.79 Å². The first-order valence-electron chi connectivity index (χ1n) is 9.37. The molecule has 2 aromatic rings. The third kappa shape index (κ3) is 5.71. The fraction of sp³-hybridized carbons (Fsp3) is 0.286. The summed E-state index contributed by atoms with van der Waals surface area (Å²) in [6.07, 6.45) is 1.54. The fourth-order valence-electron chi connectivity index (χ4n) is 3.20. The summed E-state index contributed by atoms with van der Waals surface area (Å²) in [5, 5.41) is 17.7. The highest BCUT2D eigenvalue weighted by molar-refractivity contribution is 6.27. The lowest BCUT2D eigenvalue weighted by Crippen LogP contribution is -2.33. The third-order valence-electron chi connectivity index (χ3n) is 4.70. The Bertz CT molecular complexity index is 933. The molecule has 2 aliphatic rings. The molecular weight excluding hydrogens is 392 g/mol. The minimum atomic E-state index is -1.82. The van der Waals surface area contributed by atoms with E-state index in [0.717, 1.165) is 37.5 Å². The predicted octanol–water partition coefficient (Wildman–Crippen LogP) is 1.96. The van der Waals surface area contributed by atoms with Gasteiger partial charge in [-0.3, -0.25) is 9.69 Å². The zero-order chi connectivity index (χ0) is 21.5. The number of ether oxygens (including phenoxy) is 2. The molecule has 0 spiro atoms. The van der Waals surface area contributed by atoms with E-state index in [4.69, 9.17) is 29.3 Å². The second-order valence-corrected chi connectivity index (χ2v) is 6.77. The van der Waals surface area contributed by atoms with E-state index in [-0.39, 0.29) is 12.7 Å². The van der Waals surface area contributed by atoms with Crippen LogP contribution in [0.15, 0.2) is 42.5 Å². The molecule has 9 nitrogen and oxygen atoms in total. The van der Waals surface area contributed by atoms with Crippen molar-refractivity contribution in [1.82, 2.24) is 4.90 Å². The van der Waals surface area contributed by atoms with Crippen molar-refractivity contribution in [3.63, 3.8) is 0 Å². The number of nitrogens with one attached hydrogen (secondary N) is 1. The lowest BCUT2D eigenvalue weighted by molar-refractivity contribution is -0.159. The fourth-order valence-corrected chi connectivity index (χ4v) is 3.20. The topological polar surface area (TPSA) is 125 Å². The molecule has 1 amide bonds. The molecule has 9 heteroatoms. The SMILES string of the molecule is O=C(CCN1CCc2ccccc2C1)Nc1ccc2c(c1)OCO2.O=C(O)C(=O)O. The molecule has 2 aromatic carbocycles. The summed E-state index contributed by atoms with van der Waals surface area (Å²) in [5.74, 6) is -2.22. The number of hydrogen-bond donors (Lipinski definition) is 3. The van der Waals surface area contributed by atoms with Gasteiger partial charge in [0.25, 0.3) is 0 Å². The Labute approximate surface area is 172 Å². The van der Waals surface area contributed by atoms with Crippen LogP contribution in [0.2, 0.25) is 0 Å². The normalized spacial score (nSPS) is 14.1. The highest BCUT2D eigenvalue weighted by Crippen LogP contribution is 2.34. The zero-order valence-corrected chi connectivity index (χ0v) is 16.2. The summed E-state index contributed by atoms with van der Waals surface area (Å²) >= 11 is 0. The molecule has 0 bridgehead atoms. The largest absolute Gasteiger partial charge is 0.473 e. The van der Waals surface area contributed by atoms with Crippen molar-refractivity contribution in [3.05, 3.63) is 53.6 Å². The van der Waals surface area contributed by atoms with Crippen molar-refractivity contribution >= 4 is 23.5 Å². The van der Waals surface area contributed by atoms with Crippen molar-refractivity contribution in [3.8, 4) is 11.5 Å². The van der Waals surface area contributed by atoms with E-state index in [1.165, 1.54) is 11.1 Å². The second kappa shape index (κ2) is 9.75. The molecule has 0 atom stereocenters. The molecule has 2 heterocycles. The van der Waals surface area contributed by atoms with Crippen LogP contribution in [-0.2, 0) is 27.3 Å². The van der Waals surface area contributed by atoms with Gasteiger partial charge in [-0.05, 0) is 29.7 Å². The minimum Gasteiger partial charge on any atom is -0.473 e. The van der Waals surface area contributed by atoms with Gasteiger partial charge in [-0.1, -0.05) is 24.3 Å². The Morgan fingerprint density at radius 2 is 1.67 bits per heavy atom. The number of anilines is 1. The molecule has 0 unspecified atom stereocenters. The lowest BCUT2D eigenvalue weighted by atomic mass is 10.00. The molecular formula is C21H22N2O7. The number of fused-ring (bicyclic) bond motifs is 2. The predicted molar refractivity (Wildman–Crippen MR) is 107 cm³/mol. The van der Waals surface area contributed by atoms with Crippen LogP contribution in [0.5, 0.6) is 11.5 Å². The van der Waals surface area contributed by atoms with Gasteiger partial charge < -0.3 is 25.0 Å². The van der Waals surface area contributed by atoms with Crippen molar-refractivity contribution in [2.45, 2.75) is 19.4 Å². The zero-order valence-electron chi connectivity index (χ0n) is 16.2. The summed E-state index contributed by atoms with van der Waals surface area (Å²) in [6.45, 7) is 2.94. The molecule has 0 saturated carbocycles. The van der Waals surface area contributed by atoms with E-state index in [2.05, 4.69) is 34.5 Å². The Kier molecular flexibility index (Phi) is 6.87. The maximum absolute atomic E-state index is 12.2. The standard InChI is InChI=1S/C19H20N2O3.C2H2O4/c22-19(20-16-5-6-17-18(11-16)24-13-23-17)8-10-21-9-7-14-3-1-2-4-15(14)12-21;3-1(4)2(5)6/h1-6,11H,7-10,12-13H2,(H,20,22);(H,3,4)(H,5,6). The molecule has 0 fully saturated rings. The average molecular weight is 414 g/mol. The highest BCUT2D eigenvalue weighted by Gasteiger charge is 2.17. The Morgan fingerprint density at radius 1 is 0.967 bits per heavy atom. The van der Waals surface area contributed by atoms with Gasteiger partial charge in [-0.25, -0.2) is 9.59 Å². The molecule has 3 N–H and O–H groups in total. The van der Waals surface area contributed by atoms with Gasteiger partial charge in [-0.15, -0.1) is 0 Å². The van der Waals surface area contributed by atoms with Gasteiger partial charge in [-0.2, -0.15) is 0 Å². The van der Waals surface area contributed by atoms with Crippen molar-refractivity contribution in [2.24, 2.45) is 0 Å². The quantitative estimate of drug-likeness (QED) is 0.649. The number of aliphatic carboxylic acids is 2. The molecule has 0 radical (unpaired) electrons. The number of carboxylic acids is 2. The second-order valence-electron chi connectivity index (χ2n) is 6.77. The van der Waals surface area contributed by atoms with Crippen molar-refractivity contribution in [1.29, 1.82) is 0 Å². The Balaban J connectivity index is 0.000000377. The van der Waals surface area contributed by atoms with Crippen LogP contribution in [0.1, 0.15) is 17.5 Å². The first-order valence-corrected chi connectivity index (χ1v) is 9.37. The van der Waals surface area contributed by atoms with Gasteiger partial charge in [0, 0.05) is 37.8 Å². The third-order valence-corrected chi connectivity index (χ3v) is 4.70. The van der Waals surface area contributed by atoms with E-state index < -0.39 is 11.9 Å². The summed E-state index contributed by atoms with van der Waals surface area (Å²) in [6, 6.07) is 14.0. The van der Waals surface area contributed by atoms with Gasteiger partial charge in [0.2, 0.25) is 12.7 Å². The average Bonchev–Trinajstić information content (AvgIpc) is 3.20. The first kappa shape index (κ1) is 21.1. The summed E-state index contributed by atoms with van der Waals surface area (Å²) in [4.78, 5) is 32.7. The number of hydrogen-bond acceptors (Lipinski definition) is 6. The maximum atomic E-state index is 12.2. The number of amides is 1. The van der Waals surface area contributed by atoms with Crippen LogP contribution in [0, 0.1) is 0 Å². The van der Waals surface area contributed by atoms with Gasteiger partial charge in [0.1, 0.15) is 0 Å². The molecule has 0 saturated heterocycles. The van der Waals surface area contributed by atoms with E-state index in [1.54, 1.807) is 6.07 Å². The molecule has 2 aliphatic heterocycles. The molecule has 0 aliphatic carbocycles. The summed E-state index contributed by atoms with van der Waals surface area (Å²) < 4.78 is 10.6. The van der Waals surface area contributed by atoms with Gasteiger partial charge in [0.05, 0.1) is 0 Å². The summed E-state index contributed by atoms with van der Waals surface area (Å²) in [7, 11) is 0. The number of carbonyl (C=O) groups is 3. The van der Waals surface area contributed by atoms with Crippen molar-refractivity contribution < 1.29 is 34.1 Å². The lowest BCUT2D eigenvalue weighted by Gasteiger charge is -2.28. The number of carbonyl (C=O) groups excluding carboxylic acids is 1. The van der Waals surface area contributed by atoms with Crippen LogP contribution in [-0.4, -0.2) is 52.8 Å². The first-order chi connectivity index (χ1) is 14.4. The monoisotopic (exact) mass is 414 g/mol. The van der Waals surface area contributed by atoms with Gasteiger partial charge in [0.15, 0.2) is 11.5 Å². The van der Waals surface area contributed by atoms with Crippen molar-refractivity contribution in [2.75, 3.05) is 25.2 Å². The van der Waals surface area contributed by atoms with Crippen LogP contribution in [0.3, 0.4) is 0 Å². The number of rotatable bonds is 4. The van der Waals surface area contributed by atoms with Crippen LogP contribution >= 0.6 is 0 Å². The van der Waals surface area contributed by atoms with Crippen LogP contribution in [0.25, 0.3) is 0 Å². The number of benzene rings is 2. The highest BCUT2D eigenvalue weighted by atomic mass is 16.7. The molecule has 30 heavy (non-hydrogen) atoms. The minimum absolute atomic E-state index is 0.0210. The van der Waals surface area contributed by atoms with E-state index >= 15 is 0 Å². The van der Waals surface area contributed by atoms with Crippen LogP contribution in [0.4, 0.5) is 5.69 Å². The molecule has 0 aromatic heterocycles. The van der Waals surface area contributed by atoms with Crippen LogP contribution < -0.4 is 14.8 Å².